The van der Waals surface area contributed by atoms with Crippen LogP contribution in [0, 0.1) is 11.8 Å². The van der Waals surface area contributed by atoms with Gasteiger partial charge in [-0.3, -0.25) is 0 Å². The van der Waals surface area contributed by atoms with E-state index in [0.717, 1.165) is 6.42 Å². The van der Waals surface area contributed by atoms with Gasteiger partial charge >= 0.3 is 0 Å². The Hall–Kier alpha value is -0.0800. The SMILES string of the molecule is CCC(C)C(O)COC(C)C(C)C. The van der Waals surface area contributed by atoms with Crippen LogP contribution in [0.1, 0.15) is 41.0 Å². The molecule has 1 N–H and O–H groups in total. The topological polar surface area (TPSA) is 29.5 Å². The molecule has 0 aromatic rings. The third kappa shape index (κ3) is 5.27. The van der Waals surface area contributed by atoms with Gasteiger partial charge in [0.25, 0.3) is 0 Å². The van der Waals surface area contributed by atoms with Crippen LogP contribution in [-0.4, -0.2) is 23.9 Å². The molecule has 13 heavy (non-hydrogen) atoms. The van der Waals surface area contributed by atoms with Crippen molar-refractivity contribution in [1.82, 2.24) is 0 Å². The number of hydrogen-bond acceptors (Lipinski definition) is 2. The second-order valence-corrected chi connectivity index (χ2v) is 4.24. The maximum absolute atomic E-state index is 9.62. The van der Waals surface area contributed by atoms with E-state index in [2.05, 4.69) is 20.8 Å². The third-order valence-electron chi connectivity index (χ3n) is 2.77. The van der Waals surface area contributed by atoms with E-state index in [1.807, 2.05) is 13.8 Å². The molecule has 0 fully saturated rings. The van der Waals surface area contributed by atoms with E-state index in [9.17, 15) is 5.11 Å². The fourth-order valence-corrected chi connectivity index (χ4v) is 0.879. The van der Waals surface area contributed by atoms with Gasteiger partial charge in [0.05, 0.1) is 18.8 Å². The molecule has 80 valence electrons. The van der Waals surface area contributed by atoms with Crippen LogP contribution in [0.3, 0.4) is 0 Å². The lowest BCUT2D eigenvalue weighted by Crippen LogP contribution is -2.27. The zero-order valence-corrected chi connectivity index (χ0v) is 9.58. The Morgan fingerprint density at radius 1 is 1.15 bits per heavy atom. The first-order valence-electron chi connectivity index (χ1n) is 5.28. The van der Waals surface area contributed by atoms with Crippen LogP contribution in [0.2, 0.25) is 0 Å². The van der Waals surface area contributed by atoms with Crippen LogP contribution in [0.4, 0.5) is 0 Å². The molecule has 0 spiro atoms. The molecule has 0 aromatic carbocycles. The largest absolute Gasteiger partial charge is 0.390 e. The van der Waals surface area contributed by atoms with E-state index in [1.165, 1.54) is 0 Å². The van der Waals surface area contributed by atoms with Crippen molar-refractivity contribution in [2.75, 3.05) is 6.61 Å². The lowest BCUT2D eigenvalue weighted by molar-refractivity contribution is -0.0373. The molecule has 2 nitrogen and oxygen atoms in total. The van der Waals surface area contributed by atoms with Crippen molar-refractivity contribution in [2.24, 2.45) is 11.8 Å². The molecule has 3 atom stereocenters. The summed E-state index contributed by atoms with van der Waals surface area (Å²) in [6, 6.07) is 0. The second-order valence-electron chi connectivity index (χ2n) is 4.24. The van der Waals surface area contributed by atoms with Gasteiger partial charge in [-0.15, -0.1) is 0 Å². The Balaban J connectivity index is 3.63. The quantitative estimate of drug-likeness (QED) is 0.694. The smallest absolute Gasteiger partial charge is 0.0799 e. The highest BCUT2D eigenvalue weighted by Gasteiger charge is 2.15. The highest BCUT2D eigenvalue weighted by Crippen LogP contribution is 2.11. The highest BCUT2D eigenvalue weighted by molar-refractivity contribution is 4.63. The summed E-state index contributed by atoms with van der Waals surface area (Å²) in [4.78, 5) is 0. The van der Waals surface area contributed by atoms with Crippen molar-refractivity contribution < 1.29 is 9.84 Å². The van der Waals surface area contributed by atoms with Crippen molar-refractivity contribution in [2.45, 2.75) is 53.2 Å². The molecule has 0 aliphatic rings. The molecular formula is C11H24O2. The van der Waals surface area contributed by atoms with Crippen LogP contribution in [0.15, 0.2) is 0 Å². The standard InChI is InChI=1S/C11H24O2/c1-6-9(4)11(12)7-13-10(5)8(2)3/h8-12H,6-7H2,1-5H3. The van der Waals surface area contributed by atoms with Gasteiger partial charge in [-0.05, 0) is 18.8 Å². The van der Waals surface area contributed by atoms with E-state index < -0.39 is 0 Å². The lowest BCUT2D eigenvalue weighted by atomic mass is 10.0. The Kier molecular flexibility index (Phi) is 6.35. The Morgan fingerprint density at radius 2 is 1.69 bits per heavy atom. The molecular weight excluding hydrogens is 164 g/mol. The maximum atomic E-state index is 9.62. The Morgan fingerprint density at radius 3 is 2.08 bits per heavy atom. The van der Waals surface area contributed by atoms with Crippen LogP contribution in [0.5, 0.6) is 0 Å². The average Bonchev–Trinajstić information content (AvgIpc) is 2.11. The van der Waals surface area contributed by atoms with Crippen LogP contribution in [-0.2, 0) is 4.74 Å². The fourth-order valence-electron chi connectivity index (χ4n) is 0.879. The summed E-state index contributed by atoms with van der Waals surface area (Å²) in [6.07, 6.45) is 0.922. The van der Waals surface area contributed by atoms with Crippen LogP contribution >= 0.6 is 0 Å². The summed E-state index contributed by atoms with van der Waals surface area (Å²) >= 11 is 0. The first kappa shape index (κ1) is 12.9. The normalized spacial score (nSPS) is 18.7. The van der Waals surface area contributed by atoms with Crippen molar-refractivity contribution in [3.63, 3.8) is 0 Å². The summed E-state index contributed by atoms with van der Waals surface area (Å²) in [7, 11) is 0. The predicted molar refractivity (Wildman–Crippen MR) is 55.7 cm³/mol. The molecule has 0 saturated heterocycles. The zero-order chi connectivity index (χ0) is 10.4. The van der Waals surface area contributed by atoms with Gasteiger partial charge in [0.2, 0.25) is 0 Å². The van der Waals surface area contributed by atoms with Gasteiger partial charge in [0.1, 0.15) is 0 Å². The van der Waals surface area contributed by atoms with Gasteiger partial charge < -0.3 is 9.84 Å². The number of rotatable bonds is 6. The van der Waals surface area contributed by atoms with Crippen LogP contribution < -0.4 is 0 Å². The van der Waals surface area contributed by atoms with Crippen molar-refractivity contribution in [1.29, 1.82) is 0 Å². The molecule has 0 heterocycles. The Labute approximate surface area is 82.3 Å². The summed E-state index contributed by atoms with van der Waals surface area (Å²) < 4.78 is 5.54. The van der Waals surface area contributed by atoms with Gasteiger partial charge in [-0.25, -0.2) is 0 Å². The number of aliphatic hydroxyl groups is 1. The maximum Gasteiger partial charge on any atom is 0.0799 e. The summed E-state index contributed by atoms with van der Waals surface area (Å²) in [6.45, 7) is 10.9. The molecule has 0 bridgehead atoms. The van der Waals surface area contributed by atoms with E-state index in [0.29, 0.717) is 18.4 Å². The minimum atomic E-state index is -0.314. The van der Waals surface area contributed by atoms with E-state index in [4.69, 9.17) is 4.74 Å². The van der Waals surface area contributed by atoms with Crippen molar-refractivity contribution in [3.8, 4) is 0 Å². The lowest BCUT2D eigenvalue weighted by Gasteiger charge is -2.22. The van der Waals surface area contributed by atoms with Crippen molar-refractivity contribution in [3.05, 3.63) is 0 Å². The van der Waals surface area contributed by atoms with E-state index in [-0.39, 0.29) is 12.2 Å². The van der Waals surface area contributed by atoms with Gasteiger partial charge in [0.15, 0.2) is 0 Å². The highest BCUT2D eigenvalue weighted by atomic mass is 16.5. The van der Waals surface area contributed by atoms with E-state index in [1.54, 1.807) is 0 Å². The van der Waals surface area contributed by atoms with Gasteiger partial charge in [-0.1, -0.05) is 34.1 Å². The van der Waals surface area contributed by atoms with Crippen LogP contribution in [0.25, 0.3) is 0 Å². The van der Waals surface area contributed by atoms with Gasteiger partial charge in [-0.2, -0.15) is 0 Å². The molecule has 0 aliphatic carbocycles. The van der Waals surface area contributed by atoms with E-state index >= 15 is 0 Å². The summed E-state index contributed by atoms with van der Waals surface area (Å²) in [5.74, 6) is 0.850. The molecule has 0 amide bonds. The summed E-state index contributed by atoms with van der Waals surface area (Å²) in [5.41, 5.74) is 0. The summed E-state index contributed by atoms with van der Waals surface area (Å²) in [5, 5.41) is 9.62. The Bertz CT molecular complexity index is 123. The zero-order valence-electron chi connectivity index (χ0n) is 9.58. The third-order valence-corrected chi connectivity index (χ3v) is 2.77. The first-order chi connectivity index (χ1) is 5.99. The number of aliphatic hydroxyl groups excluding tert-OH is 1. The average molecular weight is 188 g/mol. The molecule has 0 saturated carbocycles. The molecule has 0 aliphatic heterocycles. The second kappa shape index (κ2) is 6.39. The first-order valence-corrected chi connectivity index (χ1v) is 5.28. The fraction of sp³-hybridized carbons (Fsp3) is 1.00. The van der Waals surface area contributed by atoms with Gasteiger partial charge in [0, 0.05) is 0 Å². The molecule has 2 heteroatoms. The molecule has 3 unspecified atom stereocenters. The monoisotopic (exact) mass is 188 g/mol. The number of ether oxygens (including phenoxy) is 1. The molecule has 0 aromatic heterocycles. The molecule has 0 radical (unpaired) electrons. The minimum Gasteiger partial charge on any atom is -0.390 e. The predicted octanol–water partition coefficient (Wildman–Crippen LogP) is 2.45. The van der Waals surface area contributed by atoms with Crippen molar-refractivity contribution >= 4 is 0 Å². The minimum absolute atomic E-state index is 0.235. The molecule has 0 rings (SSSR count). The number of hydrogen-bond donors (Lipinski definition) is 1.